The Labute approximate surface area is 132 Å². The molecule has 0 aliphatic carbocycles. The highest BCUT2D eigenvalue weighted by atomic mass is 16.5. The van der Waals surface area contributed by atoms with Crippen LogP contribution < -0.4 is 5.32 Å². The van der Waals surface area contributed by atoms with Gasteiger partial charge in [-0.1, -0.05) is 31.2 Å². The van der Waals surface area contributed by atoms with Crippen molar-refractivity contribution in [2.75, 3.05) is 6.61 Å². The molecule has 2 N–H and O–H groups in total. The zero-order valence-electron chi connectivity index (χ0n) is 13.7. The highest BCUT2D eigenvalue weighted by Gasteiger charge is 2.30. The monoisotopic (exact) mass is 305 g/mol. The van der Waals surface area contributed by atoms with Crippen LogP contribution in [0.15, 0.2) is 24.3 Å². The number of amides is 1. The molecule has 0 saturated carbocycles. The molecule has 1 aliphatic rings. The lowest BCUT2D eigenvalue weighted by Gasteiger charge is -2.32. The number of benzene rings is 1. The molecule has 0 radical (unpaired) electrons. The molecule has 2 rings (SSSR count). The second-order valence-corrected chi connectivity index (χ2v) is 6.26. The van der Waals surface area contributed by atoms with Gasteiger partial charge in [0.2, 0.25) is 5.91 Å². The number of ether oxygens (including phenoxy) is 1. The number of nitrogens with one attached hydrogen (secondary N) is 1. The average Bonchev–Trinajstić information content (AvgIpc) is 2.51. The number of aryl methyl sites for hydroxylation is 1. The molecule has 3 unspecified atom stereocenters. The minimum atomic E-state index is -0.341. The van der Waals surface area contributed by atoms with Gasteiger partial charge in [0.25, 0.3) is 0 Å². The molecular weight excluding hydrogens is 278 g/mol. The summed E-state index contributed by atoms with van der Waals surface area (Å²) in [7, 11) is 0. The van der Waals surface area contributed by atoms with E-state index in [1.165, 1.54) is 5.56 Å². The number of hydrogen-bond acceptors (Lipinski definition) is 3. The third-order valence-electron chi connectivity index (χ3n) is 4.36. The summed E-state index contributed by atoms with van der Waals surface area (Å²) >= 11 is 0. The van der Waals surface area contributed by atoms with Gasteiger partial charge in [0.1, 0.15) is 0 Å². The summed E-state index contributed by atoms with van der Waals surface area (Å²) in [6.07, 6.45) is 2.67. The summed E-state index contributed by atoms with van der Waals surface area (Å²) in [6, 6.07) is 7.71. The highest BCUT2D eigenvalue weighted by Crippen LogP contribution is 2.25. The van der Waals surface area contributed by atoms with Crippen molar-refractivity contribution in [3.05, 3.63) is 35.4 Å². The molecule has 1 heterocycles. The van der Waals surface area contributed by atoms with Gasteiger partial charge in [-0.2, -0.15) is 0 Å². The first-order chi connectivity index (χ1) is 10.5. The number of hydrogen-bond donors (Lipinski definition) is 2. The molecular formula is C18H27NO3. The second kappa shape index (κ2) is 7.75. The maximum absolute atomic E-state index is 12.5. The molecule has 122 valence electrons. The predicted octanol–water partition coefficient (Wildman–Crippen LogP) is 2.60. The number of carbonyl (C=O) groups excluding carboxylic acids is 1. The second-order valence-electron chi connectivity index (χ2n) is 6.26. The molecule has 0 bridgehead atoms. The van der Waals surface area contributed by atoms with E-state index in [1.54, 1.807) is 0 Å². The number of aliphatic hydroxyl groups is 1. The molecule has 1 amide bonds. The molecule has 0 aromatic heterocycles. The molecule has 1 aromatic rings. The van der Waals surface area contributed by atoms with E-state index in [9.17, 15) is 9.90 Å². The molecule has 1 aliphatic heterocycles. The van der Waals surface area contributed by atoms with E-state index in [0.29, 0.717) is 0 Å². The number of carbonyl (C=O) groups is 1. The van der Waals surface area contributed by atoms with Crippen LogP contribution in [0.3, 0.4) is 0 Å². The molecule has 1 fully saturated rings. The van der Waals surface area contributed by atoms with Gasteiger partial charge in [-0.15, -0.1) is 0 Å². The van der Waals surface area contributed by atoms with Crippen LogP contribution in [-0.4, -0.2) is 29.8 Å². The fraction of sp³-hybridized carbons (Fsp3) is 0.611. The van der Waals surface area contributed by atoms with Gasteiger partial charge < -0.3 is 15.2 Å². The first-order valence-corrected chi connectivity index (χ1v) is 8.19. The summed E-state index contributed by atoms with van der Waals surface area (Å²) < 4.78 is 5.68. The lowest BCUT2D eigenvalue weighted by molar-refractivity contribution is -0.134. The van der Waals surface area contributed by atoms with E-state index in [2.05, 4.69) is 12.2 Å². The van der Waals surface area contributed by atoms with Gasteiger partial charge in [0, 0.05) is 5.92 Å². The van der Waals surface area contributed by atoms with E-state index in [4.69, 9.17) is 4.74 Å². The molecule has 4 nitrogen and oxygen atoms in total. The Bertz CT molecular complexity index is 476. The lowest BCUT2D eigenvalue weighted by atomic mass is 9.91. The van der Waals surface area contributed by atoms with E-state index in [0.717, 1.165) is 24.8 Å². The van der Waals surface area contributed by atoms with Crippen molar-refractivity contribution in [2.45, 2.75) is 58.3 Å². The van der Waals surface area contributed by atoms with Crippen molar-refractivity contribution in [1.82, 2.24) is 5.32 Å². The molecule has 0 spiro atoms. The van der Waals surface area contributed by atoms with Crippen LogP contribution in [0.4, 0.5) is 0 Å². The van der Waals surface area contributed by atoms with E-state index in [-0.39, 0.29) is 36.7 Å². The van der Waals surface area contributed by atoms with Crippen LogP contribution in [0, 0.1) is 5.92 Å². The van der Waals surface area contributed by atoms with Gasteiger partial charge >= 0.3 is 0 Å². The SMILES string of the molecule is CCc1ccc(C(CO)NC(=O)C2CC(C)OC(C)C2)cc1. The summed E-state index contributed by atoms with van der Waals surface area (Å²) in [5.74, 6) is -0.0247. The third-order valence-corrected chi connectivity index (χ3v) is 4.36. The summed E-state index contributed by atoms with van der Waals surface area (Å²) in [4.78, 5) is 12.5. The molecule has 3 atom stereocenters. The van der Waals surface area contributed by atoms with Crippen molar-refractivity contribution in [1.29, 1.82) is 0 Å². The van der Waals surface area contributed by atoms with E-state index < -0.39 is 0 Å². The quantitative estimate of drug-likeness (QED) is 0.879. The zero-order chi connectivity index (χ0) is 16.1. The zero-order valence-corrected chi connectivity index (χ0v) is 13.7. The fourth-order valence-corrected chi connectivity index (χ4v) is 3.13. The van der Waals surface area contributed by atoms with Crippen molar-refractivity contribution < 1.29 is 14.6 Å². The van der Waals surface area contributed by atoms with Gasteiger partial charge in [0.05, 0.1) is 24.9 Å². The minimum absolute atomic E-state index is 0.0145. The van der Waals surface area contributed by atoms with Gasteiger partial charge in [-0.25, -0.2) is 0 Å². The standard InChI is InChI=1S/C18H27NO3/c1-4-14-5-7-15(8-6-14)17(11-20)19-18(21)16-9-12(2)22-13(3)10-16/h5-8,12-13,16-17,20H,4,9-11H2,1-3H3,(H,19,21). The van der Waals surface area contributed by atoms with E-state index >= 15 is 0 Å². The van der Waals surface area contributed by atoms with Crippen LogP contribution in [0.2, 0.25) is 0 Å². The average molecular weight is 305 g/mol. The minimum Gasteiger partial charge on any atom is -0.394 e. The van der Waals surface area contributed by atoms with Crippen molar-refractivity contribution in [3.8, 4) is 0 Å². The number of rotatable bonds is 5. The van der Waals surface area contributed by atoms with Crippen LogP contribution in [0.1, 0.15) is 50.8 Å². The Hall–Kier alpha value is -1.39. The maximum atomic E-state index is 12.5. The Morgan fingerprint density at radius 3 is 2.36 bits per heavy atom. The Kier molecular flexibility index (Phi) is 5.98. The lowest BCUT2D eigenvalue weighted by Crippen LogP contribution is -2.41. The molecule has 1 saturated heterocycles. The third kappa shape index (κ3) is 4.31. The first kappa shape index (κ1) is 17.0. The van der Waals surface area contributed by atoms with Crippen molar-refractivity contribution in [2.24, 2.45) is 5.92 Å². The van der Waals surface area contributed by atoms with Gasteiger partial charge in [-0.05, 0) is 44.2 Å². The normalized spacial score (nSPS) is 26.5. The Balaban J connectivity index is 2.00. The Morgan fingerprint density at radius 1 is 1.27 bits per heavy atom. The predicted molar refractivity (Wildman–Crippen MR) is 86.5 cm³/mol. The van der Waals surface area contributed by atoms with Crippen molar-refractivity contribution >= 4 is 5.91 Å². The van der Waals surface area contributed by atoms with E-state index in [1.807, 2.05) is 38.1 Å². The van der Waals surface area contributed by atoms with Crippen LogP contribution >= 0.6 is 0 Å². The summed E-state index contributed by atoms with van der Waals surface area (Å²) in [5.41, 5.74) is 2.19. The largest absolute Gasteiger partial charge is 0.394 e. The highest BCUT2D eigenvalue weighted by molar-refractivity contribution is 5.79. The van der Waals surface area contributed by atoms with Gasteiger partial charge in [0.15, 0.2) is 0 Å². The van der Waals surface area contributed by atoms with Crippen molar-refractivity contribution in [3.63, 3.8) is 0 Å². The fourth-order valence-electron chi connectivity index (χ4n) is 3.13. The van der Waals surface area contributed by atoms with Crippen LogP contribution in [0.5, 0.6) is 0 Å². The first-order valence-electron chi connectivity index (χ1n) is 8.19. The van der Waals surface area contributed by atoms with Crippen LogP contribution in [0.25, 0.3) is 0 Å². The Morgan fingerprint density at radius 2 is 1.86 bits per heavy atom. The van der Waals surface area contributed by atoms with Crippen LogP contribution in [-0.2, 0) is 16.0 Å². The maximum Gasteiger partial charge on any atom is 0.223 e. The smallest absolute Gasteiger partial charge is 0.223 e. The topological polar surface area (TPSA) is 58.6 Å². The summed E-state index contributed by atoms with van der Waals surface area (Å²) in [5, 5.41) is 12.6. The number of aliphatic hydroxyl groups excluding tert-OH is 1. The summed E-state index contributed by atoms with van der Waals surface area (Å²) in [6.45, 7) is 6.02. The van der Waals surface area contributed by atoms with Gasteiger partial charge in [-0.3, -0.25) is 4.79 Å². The molecule has 22 heavy (non-hydrogen) atoms. The molecule has 4 heteroatoms. The molecule has 1 aromatic carbocycles.